The fraction of sp³-hybridized carbons (Fsp3) is 0.385. The lowest BCUT2D eigenvalue weighted by Crippen LogP contribution is -2.37. The molecule has 2 amide bonds. The van der Waals surface area contributed by atoms with Crippen molar-refractivity contribution in [1.29, 1.82) is 0 Å². The second-order valence-electron chi connectivity index (χ2n) is 4.37. The Labute approximate surface area is 125 Å². The number of nitrogens with one attached hydrogen (secondary N) is 1. The molecule has 0 bridgehead atoms. The maximum atomic E-state index is 12.4. The average molecular weight is 346 g/mol. The Kier molecular flexibility index (Phi) is 4.47. The van der Waals surface area contributed by atoms with E-state index in [2.05, 4.69) is 21.2 Å². The summed E-state index contributed by atoms with van der Waals surface area (Å²) in [6.07, 6.45) is 0.848. The Morgan fingerprint density at radius 3 is 2.89 bits per heavy atom. The Hall–Kier alpha value is -1.07. The molecule has 0 radical (unpaired) electrons. The molecule has 1 atom stereocenters. The van der Waals surface area contributed by atoms with Crippen molar-refractivity contribution in [3.8, 4) is 0 Å². The summed E-state index contributed by atoms with van der Waals surface area (Å²) in [6.45, 7) is 2.02. The largest absolute Gasteiger partial charge is 0.341 e. The van der Waals surface area contributed by atoms with Gasteiger partial charge in [-0.1, -0.05) is 27.5 Å². The van der Waals surface area contributed by atoms with Gasteiger partial charge in [0, 0.05) is 35.1 Å². The number of carbonyl (C=O) groups excluding carboxylic acids is 2. The van der Waals surface area contributed by atoms with Gasteiger partial charge in [0.15, 0.2) is 0 Å². The lowest BCUT2D eigenvalue weighted by atomic mass is 10.1. The summed E-state index contributed by atoms with van der Waals surface area (Å²) in [6, 6.07) is 4.70. The van der Waals surface area contributed by atoms with Crippen molar-refractivity contribution in [2.24, 2.45) is 0 Å². The standard InChI is InChI=1S/C13H14BrClN2O2/c1-8(18)16-12-10-7-9(15)3-4-11(10)17(13(12)19)6-2-5-14/h3-4,7,12H,2,5-6H2,1H3,(H,16,18). The van der Waals surface area contributed by atoms with Crippen LogP contribution in [-0.4, -0.2) is 23.7 Å². The number of hydrogen-bond donors (Lipinski definition) is 1. The molecule has 0 saturated heterocycles. The number of halogens is 2. The molecule has 4 nitrogen and oxygen atoms in total. The van der Waals surface area contributed by atoms with Gasteiger partial charge in [-0.3, -0.25) is 9.59 Å². The average Bonchev–Trinajstić information content (AvgIpc) is 2.60. The van der Waals surface area contributed by atoms with Crippen LogP contribution in [0, 0.1) is 0 Å². The van der Waals surface area contributed by atoms with Gasteiger partial charge < -0.3 is 10.2 Å². The third kappa shape index (κ3) is 2.92. The minimum Gasteiger partial charge on any atom is -0.341 e. The number of fused-ring (bicyclic) bond motifs is 1. The third-order valence-electron chi connectivity index (χ3n) is 2.97. The van der Waals surface area contributed by atoms with Crippen molar-refractivity contribution >= 4 is 45.0 Å². The second-order valence-corrected chi connectivity index (χ2v) is 5.60. The molecule has 1 aliphatic rings. The number of hydrogen-bond acceptors (Lipinski definition) is 2. The number of anilines is 1. The Balaban J connectivity index is 2.36. The monoisotopic (exact) mass is 344 g/mol. The maximum absolute atomic E-state index is 12.4. The van der Waals surface area contributed by atoms with Crippen molar-refractivity contribution in [1.82, 2.24) is 5.32 Å². The van der Waals surface area contributed by atoms with E-state index in [-0.39, 0.29) is 11.8 Å². The van der Waals surface area contributed by atoms with E-state index >= 15 is 0 Å². The van der Waals surface area contributed by atoms with E-state index in [0.717, 1.165) is 23.0 Å². The van der Waals surface area contributed by atoms with Crippen LogP contribution >= 0.6 is 27.5 Å². The number of amides is 2. The first-order valence-corrected chi connectivity index (χ1v) is 7.48. The number of alkyl halides is 1. The highest BCUT2D eigenvalue weighted by Crippen LogP contribution is 2.37. The fourth-order valence-corrected chi connectivity index (χ4v) is 2.63. The van der Waals surface area contributed by atoms with Crippen LogP contribution < -0.4 is 10.2 Å². The molecule has 19 heavy (non-hydrogen) atoms. The molecule has 0 spiro atoms. The van der Waals surface area contributed by atoms with Crippen LogP contribution in [0.25, 0.3) is 0 Å². The number of nitrogens with zero attached hydrogens (tertiary/aromatic N) is 1. The summed E-state index contributed by atoms with van der Waals surface area (Å²) in [5.41, 5.74) is 1.59. The topological polar surface area (TPSA) is 49.4 Å². The molecule has 1 aromatic rings. The van der Waals surface area contributed by atoms with Gasteiger partial charge in [0.2, 0.25) is 5.91 Å². The Bertz CT molecular complexity index is 521. The first-order valence-electron chi connectivity index (χ1n) is 5.98. The normalized spacial score (nSPS) is 17.5. The van der Waals surface area contributed by atoms with Gasteiger partial charge in [-0.2, -0.15) is 0 Å². The molecule has 1 unspecified atom stereocenters. The first kappa shape index (κ1) is 14.3. The minimum atomic E-state index is -0.624. The van der Waals surface area contributed by atoms with E-state index in [1.54, 1.807) is 17.0 Å². The van der Waals surface area contributed by atoms with Gasteiger partial charge in [0.1, 0.15) is 6.04 Å². The highest BCUT2D eigenvalue weighted by Gasteiger charge is 2.37. The summed E-state index contributed by atoms with van der Waals surface area (Å²) >= 11 is 9.33. The molecule has 1 aromatic carbocycles. The molecule has 1 aliphatic heterocycles. The Morgan fingerprint density at radius 2 is 2.26 bits per heavy atom. The summed E-state index contributed by atoms with van der Waals surface area (Å²) in [5.74, 6) is -0.333. The van der Waals surface area contributed by atoms with Crippen molar-refractivity contribution in [3.63, 3.8) is 0 Å². The van der Waals surface area contributed by atoms with Crippen LogP contribution in [0.15, 0.2) is 18.2 Å². The molecule has 2 rings (SSSR count). The predicted molar refractivity (Wildman–Crippen MR) is 78.8 cm³/mol. The van der Waals surface area contributed by atoms with E-state index in [4.69, 9.17) is 11.6 Å². The van der Waals surface area contributed by atoms with Crippen LogP contribution in [0.5, 0.6) is 0 Å². The molecular formula is C13H14BrClN2O2. The quantitative estimate of drug-likeness (QED) is 0.853. The smallest absolute Gasteiger partial charge is 0.254 e. The zero-order valence-corrected chi connectivity index (χ0v) is 12.8. The van der Waals surface area contributed by atoms with E-state index in [1.165, 1.54) is 6.92 Å². The summed E-state index contributed by atoms with van der Waals surface area (Å²) in [4.78, 5) is 25.3. The molecule has 6 heteroatoms. The number of rotatable bonds is 4. The van der Waals surface area contributed by atoms with Crippen molar-refractivity contribution < 1.29 is 9.59 Å². The van der Waals surface area contributed by atoms with Gasteiger partial charge >= 0.3 is 0 Å². The van der Waals surface area contributed by atoms with E-state index < -0.39 is 6.04 Å². The molecule has 0 aliphatic carbocycles. The molecule has 0 saturated carbocycles. The van der Waals surface area contributed by atoms with Crippen molar-refractivity contribution in [2.45, 2.75) is 19.4 Å². The lowest BCUT2D eigenvalue weighted by molar-refractivity contribution is -0.126. The summed E-state index contributed by atoms with van der Waals surface area (Å²) in [5, 5.41) is 4.06. The molecule has 1 heterocycles. The highest BCUT2D eigenvalue weighted by molar-refractivity contribution is 9.09. The molecular weight excluding hydrogens is 332 g/mol. The van der Waals surface area contributed by atoms with Gasteiger partial charge in [0.25, 0.3) is 5.91 Å². The fourth-order valence-electron chi connectivity index (χ4n) is 2.20. The third-order valence-corrected chi connectivity index (χ3v) is 3.76. The Morgan fingerprint density at radius 1 is 1.53 bits per heavy atom. The highest BCUT2D eigenvalue weighted by atomic mass is 79.9. The van der Waals surface area contributed by atoms with Crippen LogP contribution in [0.3, 0.4) is 0 Å². The molecule has 102 valence electrons. The first-order chi connectivity index (χ1) is 9.04. The zero-order valence-electron chi connectivity index (χ0n) is 10.5. The van der Waals surface area contributed by atoms with E-state index in [9.17, 15) is 9.59 Å². The molecule has 0 fully saturated rings. The summed E-state index contributed by atoms with van der Waals surface area (Å²) < 4.78 is 0. The zero-order chi connectivity index (χ0) is 14.0. The second kappa shape index (κ2) is 5.92. The lowest BCUT2D eigenvalue weighted by Gasteiger charge is -2.17. The van der Waals surface area contributed by atoms with Gasteiger partial charge in [-0.05, 0) is 24.6 Å². The van der Waals surface area contributed by atoms with Crippen LogP contribution in [-0.2, 0) is 9.59 Å². The van der Waals surface area contributed by atoms with Gasteiger partial charge in [0.05, 0.1) is 0 Å². The number of benzene rings is 1. The molecule has 0 aromatic heterocycles. The molecule has 1 N–H and O–H groups in total. The SMILES string of the molecule is CC(=O)NC1C(=O)N(CCCBr)c2ccc(Cl)cc21. The maximum Gasteiger partial charge on any atom is 0.254 e. The van der Waals surface area contributed by atoms with Gasteiger partial charge in [-0.15, -0.1) is 0 Å². The van der Waals surface area contributed by atoms with Crippen LogP contribution in [0.1, 0.15) is 24.9 Å². The van der Waals surface area contributed by atoms with Crippen molar-refractivity contribution in [3.05, 3.63) is 28.8 Å². The predicted octanol–water partition coefficient (Wildman–Crippen LogP) is 2.65. The number of carbonyl (C=O) groups is 2. The van der Waals surface area contributed by atoms with Gasteiger partial charge in [-0.25, -0.2) is 0 Å². The minimum absolute atomic E-state index is 0.103. The summed E-state index contributed by atoms with van der Waals surface area (Å²) in [7, 11) is 0. The van der Waals surface area contributed by atoms with E-state index in [0.29, 0.717) is 11.6 Å². The van der Waals surface area contributed by atoms with Crippen molar-refractivity contribution in [2.75, 3.05) is 16.8 Å². The van der Waals surface area contributed by atoms with E-state index in [1.807, 2.05) is 6.07 Å². The van der Waals surface area contributed by atoms with Crippen LogP contribution in [0.4, 0.5) is 5.69 Å². The van der Waals surface area contributed by atoms with Crippen LogP contribution in [0.2, 0.25) is 5.02 Å².